The van der Waals surface area contributed by atoms with Gasteiger partial charge in [-0.3, -0.25) is 4.99 Å². The van der Waals surface area contributed by atoms with Crippen LogP contribution in [-0.2, 0) is 0 Å². The van der Waals surface area contributed by atoms with Crippen LogP contribution in [0.5, 0.6) is 0 Å². The summed E-state index contributed by atoms with van der Waals surface area (Å²) < 4.78 is 5.54. The molecule has 0 fully saturated rings. The molecule has 0 saturated carbocycles. The molecule has 0 aromatic carbocycles. The highest BCUT2D eigenvalue weighted by molar-refractivity contribution is 5.83. The zero-order chi connectivity index (χ0) is 11.5. The van der Waals surface area contributed by atoms with Crippen molar-refractivity contribution < 1.29 is 4.42 Å². The van der Waals surface area contributed by atoms with Gasteiger partial charge in [0.15, 0.2) is 0 Å². The van der Waals surface area contributed by atoms with Gasteiger partial charge in [0.1, 0.15) is 11.5 Å². The van der Waals surface area contributed by atoms with Gasteiger partial charge in [0, 0.05) is 18.5 Å². The first-order chi connectivity index (χ1) is 7.66. The summed E-state index contributed by atoms with van der Waals surface area (Å²) in [5.41, 5.74) is 1.24. The third kappa shape index (κ3) is 2.46. The molecular weight excluding hydrogens is 200 g/mol. The lowest BCUT2D eigenvalue weighted by Gasteiger charge is -2.19. The third-order valence-corrected chi connectivity index (χ3v) is 3.05. The minimum atomic E-state index is 0.286. The Morgan fingerprint density at radius 3 is 2.75 bits per heavy atom. The summed E-state index contributed by atoms with van der Waals surface area (Å²) in [6.45, 7) is 7.14. The summed E-state index contributed by atoms with van der Waals surface area (Å²) in [6.07, 6.45) is 3.56. The number of hydrogen-bond donors (Lipinski definition) is 1. The van der Waals surface area contributed by atoms with Crippen LogP contribution in [0.15, 0.2) is 15.5 Å². The maximum atomic E-state index is 5.54. The second-order valence-electron chi connectivity index (χ2n) is 4.52. The Labute approximate surface area is 96.9 Å². The van der Waals surface area contributed by atoms with Crippen molar-refractivity contribution in [3.05, 3.63) is 23.2 Å². The Bertz CT molecular complexity index is 393. The van der Waals surface area contributed by atoms with E-state index in [0.29, 0.717) is 0 Å². The van der Waals surface area contributed by atoms with Crippen molar-refractivity contribution in [3.63, 3.8) is 0 Å². The van der Waals surface area contributed by atoms with E-state index in [4.69, 9.17) is 4.42 Å². The molecule has 88 valence electrons. The molecule has 0 radical (unpaired) electrons. The third-order valence-electron chi connectivity index (χ3n) is 3.05. The van der Waals surface area contributed by atoms with Crippen LogP contribution in [0.25, 0.3) is 0 Å². The molecule has 1 unspecified atom stereocenters. The van der Waals surface area contributed by atoms with Gasteiger partial charge in [-0.05, 0) is 39.7 Å². The van der Waals surface area contributed by atoms with Gasteiger partial charge in [0.05, 0.1) is 11.9 Å². The van der Waals surface area contributed by atoms with E-state index >= 15 is 0 Å². The van der Waals surface area contributed by atoms with E-state index in [-0.39, 0.29) is 6.04 Å². The standard InChI is InChI=1S/C13H20N2O/c1-9-8-12(11(3)16-9)10(2)15-13-6-4-5-7-14-13/h8,10H,4-7H2,1-3H3,(H,14,15). The molecule has 16 heavy (non-hydrogen) atoms. The molecule has 2 rings (SSSR count). The van der Waals surface area contributed by atoms with Crippen molar-refractivity contribution in [1.82, 2.24) is 5.32 Å². The lowest BCUT2D eigenvalue weighted by Crippen LogP contribution is -2.28. The highest BCUT2D eigenvalue weighted by Crippen LogP contribution is 2.21. The summed E-state index contributed by atoms with van der Waals surface area (Å²) in [5, 5.41) is 3.48. The highest BCUT2D eigenvalue weighted by Gasteiger charge is 2.14. The van der Waals surface area contributed by atoms with Crippen molar-refractivity contribution in [3.8, 4) is 0 Å². The zero-order valence-electron chi connectivity index (χ0n) is 10.3. The summed E-state index contributed by atoms with van der Waals surface area (Å²) in [6, 6.07) is 2.39. The number of rotatable bonds is 2. The minimum absolute atomic E-state index is 0.286. The van der Waals surface area contributed by atoms with E-state index in [0.717, 1.165) is 30.3 Å². The fourth-order valence-electron chi connectivity index (χ4n) is 2.22. The van der Waals surface area contributed by atoms with E-state index in [2.05, 4.69) is 23.3 Å². The molecule has 1 aromatic heterocycles. The number of nitrogens with zero attached hydrogens (tertiary/aromatic N) is 1. The summed E-state index contributed by atoms with van der Waals surface area (Å²) in [4.78, 5) is 4.51. The van der Waals surface area contributed by atoms with Crippen LogP contribution >= 0.6 is 0 Å². The molecule has 0 saturated heterocycles. The van der Waals surface area contributed by atoms with Crippen molar-refractivity contribution in [2.75, 3.05) is 6.54 Å². The number of aryl methyl sites for hydroxylation is 2. The lowest BCUT2D eigenvalue weighted by molar-refractivity contribution is 0.496. The van der Waals surface area contributed by atoms with E-state index in [9.17, 15) is 0 Å². The van der Waals surface area contributed by atoms with Crippen LogP contribution in [0.1, 0.15) is 49.3 Å². The summed E-state index contributed by atoms with van der Waals surface area (Å²) in [5.74, 6) is 3.14. The van der Waals surface area contributed by atoms with Crippen LogP contribution in [0.2, 0.25) is 0 Å². The second kappa shape index (κ2) is 4.73. The number of nitrogens with one attached hydrogen (secondary N) is 1. The first-order valence-corrected chi connectivity index (χ1v) is 6.03. The monoisotopic (exact) mass is 220 g/mol. The van der Waals surface area contributed by atoms with Gasteiger partial charge in [-0.15, -0.1) is 0 Å². The quantitative estimate of drug-likeness (QED) is 0.831. The number of furan rings is 1. The first kappa shape index (κ1) is 11.2. The molecule has 3 nitrogen and oxygen atoms in total. The van der Waals surface area contributed by atoms with Gasteiger partial charge in [-0.1, -0.05) is 0 Å². The average Bonchev–Trinajstić information content (AvgIpc) is 2.59. The van der Waals surface area contributed by atoms with Crippen molar-refractivity contribution in [2.24, 2.45) is 4.99 Å². The van der Waals surface area contributed by atoms with Crippen LogP contribution in [-0.4, -0.2) is 12.4 Å². The Hall–Kier alpha value is -1.25. The Morgan fingerprint density at radius 1 is 1.38 bits per heavy atom. The Morgan fingerprint density at radius 2 is 2.19 bits per heavy atom. The van der Waals surface area contributed by atoms with E-state index in [1.54, 1.807) is 0 Å². The largest absolute Gasteiger partial charge is 0.466 e. The molecule has 2 heterocycles. The molecule has 1 aliphatic heterocycles. The van der Waals surface area contributed by atoms with Crippen molar-refractivity contribution >= 4 is 5.84 Å². The Kier molecular flexibility index (Phi) is 3.32. The van der Waals surface area contributed by atoms with E-state index in [1.165, 1.54) is 18.4 Å². The fraction of sp³-hybridized carbons (Fsp3) is 0.615. The highest BCUT2D eigenvalue weighted by atomic mass is 16.3. The van der Waals surface area contributed by atoms with Gasteiger partial charge < -0.3 is 9.73 Å². The van der Waals surface area contributed by atoms with Crippen LogP contribution in [0, 0.1) is 13.8 Å². The molecule has 1 atom stereocenters. The number of hydrogen-bond acceptors (Lipinski definition) is 3. The Balaban J connectivity index is 2.04. The fourth-order valence-corrected chi connectivity index (χ4v) is 2.22. The first-order valence-electron chi connectivity index (χ1n) is 6.03. The molecule has 1 N–H and O–H groups in total. The SMILES string of the molecule is Cc1cc(C(C)NC2=NCCCC2)c(C)o1. The van der Waals surface area contributed by atoms with Gasteiger partial charge in [-0.25, -0.2) is 0 Å². The predicted octanol–water partition coefficient (Wildman–Crippen LogP) is 3.13. The second-order valence-corrected chi connectivity index (χ2v) is 4.52. The molecular formula is C13H20N2O. The average molecular weight is 220 g/mol. The molecule has 0 bridgehead atoms. The predicted molar refractivity (Wildman–Crippen MR) is 65.9 cm³/mol. The van der Waals surface area contributed by atoms with Crippen LogP contribution in [0.3, 0.4) is 0 Å². The smallest absolute Gasteiger partial charge is 0.106 e. The van der Waals surface area contributed by atoms with Crippen LogP contribution < -0.4 is 5.32 Å². The van der Waals surface area contributed by atoms with E-state index in [1.807, 2.05) is 13.8 Å². The zero-order valence-corrected chi connectivity index (χ0v) is 10.3. The maximum Gasteiger partial charge on any atom is 0.106 e. The van der Waals surface area contributed by atoms with E-state index < -0.39 is 0 Å². The summed E-state index contributed by atoms with van der Waals surface area (Å²) >= 11 is 0. The maximum absolute atomic E-state index is 5.54. The number of aliphatic imine (C=N–C) groups is 1. The molecule has 0 spiro atoms. The van der Waals surface area contributed by atoms with Crippen molar-refractivity contribution in [1.29, 1.82) is 0 Å². The minimum Gasteiger partial charge on any atom is -0.466 e. The topological polar surface area (TPSA) is 37.5 Å². The molecule has 1 aliphatic rings. The molecule has 0 amide bonds. The van der Waals surface area contributed by atoms with Gasteiger partial charge in [0.2, 0.25) is 0 Å². The number of amidine groups is 1. The van der Waals surface area contributed by atoms with Crippen LogP contribution in [0.4, 0.5) is 0 Å². The molecule has 1 aromatic rings. The van der Waals surface area contributed by atoms with Gasteiger partial charge in [0.25, 0.3) is 0 Å². The van der Waals surface area contributed by atoms with Gasteiger partial charge in [-0.2, -0.15) is 0 Å². The summed E-state index contributed by atoms with van der Waals surface area (Å²) in [7, 11) is 0. The lowest BCUT2D eigenvalue weighted by atomic mass is 10.1. The van der Waals surface area contributed by atoms with Gasteiger partial charge >= 0.3 is 0 Å². The normalized spacial score (nSPS) is 18.1. The molecule has 3 heteroatoms. The molecule has 0 aliphatic carbocycles. The van der Waals surface area contributed by atoms with Crippen molar-refractivity contribution in [2.45, 2.75) is 46.1 Å².